The van der Waals surface area contributed by atoms with Gasteiger partial charge < -0.3 is 9.67 Å². The molecule has 21 heavy (non-hydrogen) atoms. The fraction of sp³-hybridized carbons (Fsp3) is 0.455. The lowest BCUT2D eigenvalue weighted by Gasteiger charge is -2.06. The summed E-state index contributed by atoms with van der Waals surface area (Å²) in [5.74, 6) is -0.797. The molecular formula is C11H15N5O4S. The number of carboxylic acid groups (broad SMARTS) is 1. The van der Waals surface area contributed by atoms with E-state index in [-0.39, 0.29) is 23.7 Å². The topological polar surface area (TPSA) is 120 Å². The Morgan fingerprint density at radius 2 is 2.14 bits per heavy atom. The number of carbonyl (C=O) groups is 1. The van der Waals surface area contributed by atoms with E-state index in [0.717, 1.165) is 6.26 Å². The second-order valence-electron chi connectivity index (χ2n) is 4.66. The second-order valence-corrected chi connectivity index (χ2v) is 6.92. The molecule has 0 bridgehead atoms. The number of sulfone groups is 1. The summed E-state index contributed by atoms with van der Waals surface area (Å²) in [6.07, 6.45) is 4.68. The first kappa shape index (κ1) is 15.2. The van der Waals surface area contributed by atoms with Crippen molar-refractivity contribution in [1.29, 1.82) is 0 Å². The summed E-state index contributed by atoms with van der Waals surface area (Å²) in [6.45, 7) is 0.246. The number of nitrogens with zero attached hydrogens (tertiary/aromatic N) is 5. The Balaban J connectivity index is 2.34. The van der Waals surface area contributed by atoms with Gasteiger partial charge in [-0.15, -0.1) is 5.10 Å². The summed E-state index contributed by atoms with van der Waals surface area (Å²) in [7, 11) is -1.35. The van der Waals surface area contributed by atoms with Crippen molar-refractivity contribution in [2.45, 2.75) is 13.0 Å². The lowest BCUT2D eigenvalue weighted by atomic mass is 10.3. The monoisotopic (exact) mass is 313 g/mol. The molecule has 0 spiro atoms. The van der Waals surface area contributed by atoms with Gasteiger partial charge in [-0.25, -0.2) is 22.9 Å². The van der Waals surface area contributed by atoms with E-state index in [9.17, 15) is 18.3 Å². The quantitative estimate of drug-likeness (QED) is 0.784. The molecule has 0 atom stereocenters. The first-order valence-electron chi connectivity index (χ1n) is 6.12. The molecule has 0 saturated heterocycles. The van der Waals surface area contributed by atoms with Crippen LogP contribution in [-0.2, 0) is 23.4 Å². The van der Waals surface area contributed by atoms with Crippen molar-refractivity contribution >= 4 is 15.8 Å². The largest absolute Gasteiger partial charge is 0.476 e. The standard InChI is InChI=1S/C11H15N5O4S/c1-15-6-4-12-10(15)9-8(11(17)18)13-14-16(9)5-3-7-21(2,19)20/h4,6H,3,5,7H2,1-2H3,(H,17,18). The van der Waals surface area contributed by atoms with E-state index in [4.69, 9.17) is 0 Å². The van der Waals surface area contributed by atoms with Gasteiger partial charge in [0, 0.05) is 32.2 Å². The fourth-order valence-corrected chi connectivity index (χ4v) is 2.56. The molecule has 1 N–H and O–H groups in total. The maximum absolute atomic E-state index is 11.2. The average Bonchev–Trinajstić information content (AvgIpc) is 2.93. The van der Waals surface area contributed by atoms with Crippen LogP contribution in [0.5, 0.6) is 0 Å². The fourth-order valence-electron chi connectivity index (χ4n) is 1.91. The zero-order valence-electron chi connectivity index (χ0n) is 11.6. The van der Waals surface area contributed by atoms with Gasteiger partial charge in [0.05, 0.1) is 5.75 Å². The van der Waals surface area contributed by atoms with E-state index in [0.29, 0.717) is 12.2 Å². The van der Waals surface area contributed by atoms with Gasteiger partial charge in [-0.3, -0.25) is 0 Å². The summed E-state index contributed by atoms with van der Waals surface area (Å²) >= 11 is 0. The van der Waals surface area contributed by atoms with Gasteiger partial charge in [0.1, 0.15) is 15.5 Å². The van der Waals surface area contributed by atoms with Gasteiger partial charge in [0.25, 0.3) is 0 Å². The van der Waals surface area contributed by atoms with Gasteiger partial charge in [0.15, 0.2) is 5.82 Å². The summed E-state index contributed by atoms with van der Waals surface area (Å²) in [4.78, 5) is 15.3. The lowest BCUT2D eigenvalue weighted by molar-refractivity contribution is 0.0691. The van der Waals surface area contributed by atoms with Crippen molar-refractivity contribution in [3.05, 3.63) is 18.1 Å². The molecule has 9 nitrogen and oxygen atoms in total. The molecule has 0 radical (unpaired) electrons. The molecular weight excluding hydrogens is 298 g/mol. The van der Waals surface area contributed by atoms with E-state index in [2.05, 4.69) is 15.3 Å². The Morgan fingerprint density at radius 3 is 2.67 bits per heavy atom. The number of aromatic carboxylic acids is 1. The average molecular weight is 313 g/mol. The molecule has 0 aliphatic rings. The van der Waals surface area contributed by atoms with Crippen LogP contribution in [0.15, 0.2) is 12.4 Å². The van der Waals surface area contributed by atoms with Crippen molar-refractivity contribution < 1.29 is 18.3 Å². The van der Waals surface area contributed by atoms with Crippen LogP contribution in [0.2, 0.25) is 0 Å². The maximum atomic E-state index is 11.2. The number of imidazole rings is 1. The van der Waals surface area contributed by atoms with Crippen LogP contribution in [0.3, 0.4) is 0 Å². The first-order valence-corrected chi connectivity index (χ1v) is 8.18. The van der Waals surface area contributed by atoms with Crippen LogP contribution in [-0.4, -0.2) is 56.0 Å². The van der Waals surface area contributed by atoms with Crippen LogP contribution in [0.4, 0.5) is 0 Å². The van der Waals surface area contributed by atoms with Gasteiger partial charge in [0.2, 0.25) is 5.69 Å². The Bertz CT molecular complexity index is 761. The predicted molar refractivity (Wildman–Crippen MR) is 73.5 cm³/mol. The molecule has 0 unspecified atom stereocenters. The van der Waals surface area contributed by atoms with Crippen LogP contribution in [0, 0.1) is 0 Å². The summed E-state index contributed by atoms with van der Waals surface area (Å²) in [5.41, 5.74) is 0.0622. The maximum Gasteiger partial charge on any atom is 0.358 e. The highest BCUT2D eigenvalue weighted by Crippen LogP contribution is 2.20. The smallest absolute Gasteiger partial charge is 0.358 e. The number of hydrogen-bond acceptors (Lipinski definition) is 6. The molecule has 2 heterocycles. The van der Waals surface area contributed by atoms with Gasteiger partial charge in [-0.1, -0.05) is 5.21 Å². The SMILES string of the molecule is Cn1ccnc1-c1c(C(=O)O)nnn1CCCS(C)(=O)=O. The van der Waals surface area contributed by atoms with E-state index >= 15 is 0 Å². The Kier molecular flexibility index (Phi) is 4.07. The Hall–Kier alpha value is -2.23. The van der Waals surface area contributed by atoms with E-state index in [1.54, 1.807) is 17.8 Å². The highest BCUT2D eigenvalue weighted by molar-refractivity contribution is 7.90. The van der Waals surface area contributed by atoms with E-state index in [1.807, 2.05) is 0 Å². The Labute approximate surface area is 121 Å². The highest BCUT2D eigenvalue weighted by Gasteiger charge is 2.23. The summed E-state index contributed by atoms with van der Waals surface area (Å²) < 4.78 is 25.3. The molecule has 0 aliphatic carbocycles. The predicted octanol–water partition coefficient (Wildman–Crippen LogP) is -0.189. The van der Waals surface area contributed by atoms with Crippen molar-refractivity contribution in [3.8, 4) is 11.5 Å². The van der Waals surface area contributed by atoms with Gasteiger partial charge in [-0.2, -0.15) is 0 Å². The molecule has 114 valence electrons. The van der Waals surface area contributed by atoms with Gasteiger partial charge in [-0.05, 0) is 6.42 Å². The van der Waals surface area contributed by atoms with Gasteiger partial charge >= 0.3 is 5.97 Å². The number of aromatic nitrogens is 5. The van der Waals surface area contributed by atoms with Crippen molar-refractivity contribution in [2.24, 2.45) is 7.05 Å². The third-order valence-corrected chi connectivity index (χ3v) is 3.89. The number of carboxylic acids is 1. The molecule has 2 aromatic rings. The molecule has 10 heteroatoms. The van der Waals surface area contributed by atoms with E-state index < -0.39 is 15.8 Å². The molecule has 2 aromatic heterocycles. The van der Waals surface area contributed by atoms with E-state index in [1.165, 1.54) is 10.9 Å². The summed E-state index contributed by atoms with van der Waals surface area (Å²) in [5, 5.41) is 16.6. The lowest BCUT2D eigenvalue weighted by Crippen LogP contribution is -2.11. The normalized spacial score (nSPS) is 11.7. The van der Waals surface area contributed by atoms with Crippen LogP contribution in [0.1, 0.15) is 16.9 Å². The minimum absolute atomic E-state index is 0.00469. The molecule has 0 fully saturated rings. The number of hydrogen-bond donors (Lipinski definition) is 1. The van der Waals surface area contributed by atoms with Crippen LogP contribution >= 0.6 is 0 Å². The zero-order valence-corrected chi connectivity index (χ0v) is 12.4. The third-order valence-electron chi connectivity index (χ3n) is 2.86. The number of aryl methyl sites for hydroxylation is 2. The number of rotatable bonds is 6. The third kappa shape index (κ3) is 3.45. The summed E-state index contributed by atoms with van der Waals surface area (Å²) in [6, 6.07) is 0. The molecule has 0 aromatic carbocycles. The first-order chi connectivity index (χ1) is 9.79. The molecule has 0 aliphatic heterocycles. The molecule has 0 saturated carbocycles. The van der Waals surface area contributed by atoms with Crippen LogP contribution in [0.25, 0.3) is 11.5 Å². The minimum atomic E-state index is -3.08. The van der Waals surface area contributed by atoms with Crippen molar-refractivity contribution in [2.75, 3.05) is 12.0 Å². The van der Waals surface area contributed by atoms with Crippen molar-refractivity contribution in [1.82, 2.24) is 24.5 Å². The second kappa shape index (κ2) is 5.64. The molecule has 0 amide bonds. The molecule has 2 rings (SSSR count). The van der Waals surface area contributed by atoms with Crippen LogP contribution < -0.4 is 0 Å². The Morgan fingerprint density at radius 1 is 1.43 bits per heavy atom. The zero-order chi connectivity index (χ0) is 15.6. The van der Waals surface area contributed by atoms with Crippen molar-refractivity contribution in [3.63, 3.8) is 0 Å². The highest BCUT2D eigenvalue weighted by atomic mass is 32.2. The minimum Gasteiger partial charge on any atom is -0.476 e.